The number of nitrogens with one attached hydrogen (secondary N) is 2. The molecule has 2 heterocycles. The first-order valence-electron chi connectivity index (χ1n) is 5.94. The highest BCUT2D eigenvalue weighted by molar-refractivity contribution is 6.04. The van der Waals surface area contributed by atoms with Crippen LogP contribution in [0.15, 0.2) is 22.9 Å². The molecule has 0 aliphatic heterocycles. The maximum atomic E-state index is 11.9. The highest BCUT2D eigenvalue weighted by atomic mass is 16.5. The first kappa shape index (κ1) is 13.1. The number of hydrogen-bond acceptors (Lipinski definition) is 4. The lowest BCUT2D eigenvalue weighted by atomic mass is 10.2. The summed E-state index contributed by atoms with van der Waals surface area (Å²) in [7, 11) is 0. The van der Waals surface area contributed by atoms with Crippen molar-refractivity contribution in [2.75, 3.05) is 5.32 Å². The van der Waals surface area contributed by atoms with Crippen LogP contribution in [0.3, 0.4) is 0 Å². The predicted molar refractivity (Wildman–Crippen MR) is 69.3 cm³/mol. The number of carbonyl (C=O) groups excluding carboxylic acids is 2. The molecule has 6 nitrogen and oxygen atoms in total. The fourth-order valence-electron chi connectivity index (χ4n) is 1.53. The summed E-state index contributed by atoms with van der Waals surface area (Å²) in [6, 6.07) is 3.18. The number of Topliss-reactive ketones (excluding diaryl/α,β-unsaturated/α-hetero) is 1. The molecule has 0 aliphatic carbocycles. The van der Waals surface area contributed by atoms with Crippen molar-refractivity contribution in [3.05, 3.63) is 35.3 Å². The molecule has 0 saturated carbocycles. The molecule has 0 aromatic carbocycles. The van der Waals surface area contributed by atoms with Crippen molar-refractivity contribution in [2.24, 2.45) is 0 Å². The zero-order valence-electron chi connectivity index (χ0n) is 11.0. The van der Waals surface area contributed by atoms with E-state index >= 15 is 0 Å². The third-order valence-electron chi connectivity index (χ3n) is 2.67. The number of amides is 1. The summed E-state index contributed by atoms with van der Waals surface area (Å²) in [5, 5.41) is 6.36. The van der Waals surface area contributed by atoms with Gasteiger partial charge in [0.1, 0.15) is 11.5 Å². The molecule has 2 aromatic rings. The maximum absolute atomic E-state index is 11.9. The minimum absolute atomic E-state index is 0.0983. The van der Waals surface area contributed by atoms with E-state index in [4.69, 9.17) is 4.52 Å². The Balaban J connectivity index is 2.09. The molecule has 0 saturated heterocycles. The zero-order chi connectivity index (χ0) is 14.0. The maximum Gasteiger partial charge on any atom is 0.273 e. The van der Waals surface area contributed by atoms with Crippen LogP contribution in [-0.2, 0) is 0 Å². The quantitative estimate of drug-likeness (QED) is 0.828. The average molecular weight is 261 g/mol. The second kappa shape index (κ2) is 5.09. The molecule has 0 spiro atoms. The van der Waals surface area contributed by atoms with Gasteiger partial charge in [0, 0.05) is 23.7 Å². The molecule has 0 radical (unpaired) electrons. The van der Waals surface area contributed by atoms with Crippen LogP contribution in [0.4, 0.5) is 5.82 Å². The number of H-pyrrole nitrogens is 1. The summed E-state index contributed by atoms with van der Waals surface area (Å²) in [4.78, 5) is 25.8. The molecular formula is C13H15N3O3. The van der Waals surface area contributed by atoms with E-state index in [1.54, 1.807) is 6.07 Å². The Labute approximate surface area is 110 Å². The van der Waals surface area contributed by atoms with Crippen LogP contribution >= 0.6 is 0 Å². The number of aromatic amines is 1. The SMILES string of the molecule is CC(=O)c1c[nH]c(C(=O)Nc2cc(C(C)C)on2)c1. The molecule has 6 heteroatoms. The minimum atomic E-state index is -0.365. The van der Waals surface area contributed by atoms with Crippen molar-refractivity contribution < 1.29 is 14.1 Å². The van der Waals surface area contributed by atoms with Gasteiger partial charge in [-0.15, -0.1) is 0 Å². The van der Waals surface area contributed by atoms with Crippen LogP contribution in [0.1, 0.15) is 53.3 Å². The molecule has 100 valence electrons. The van der Waals surface area contributed by atoms with Gasteiger partial charge < -0.3 is 14.8 Å². The fourth-order valence-corrected chi connectivity index (χ4v) is 1.53. The molecule has 0 unspecified atom stereocenters. The molecule has 2 N–H and O–H groups in total. The van der Waals surface area contributed by atoms with Gasteiger partial charge in [0.2, 0.25) is 0 Å². The van der Waals surface area contributed by atoms with Crippen molar-refractivity contribution >= 4 is 17.5 Å². The lowest BCUT2D eigenvalue weighted by Crippen LogP contribution is -2.12. The highest BCUT2D eigenvalue weighted by Gasteiger charge is 2.14. The van der Waals surface area contributed by atoms with E-state index in [-0.39, 0.29) is 17.6 Å². The average Bonchev–Trinajstić information content (AvgIpc) is 2.96. The van der Waals surface area contributed by atoms with Crippen molar-refractivity contribution in [3.8, 4) is 0 Å². The van der Waals surface area contributed by atoms with Crippen LogP contribution in [-0.4, -0.2) is 21.8 Å². The van der Waals surface area contributed by atoms with Gasteiger partial charge in [-0.2, -0.15) is 0 Å². The molecule has 0 aliphatic rings. The number of rotatable bonds is 4. The summed E-state index contributed by atoms with van der Waals surface area (Å²) in [5.74, 6) is 0.793. The van der Waals surface area contributed by atoms with Gasteiger partial charge in [0.05, 0.1) is 0 Å². The van der Waals surface area contributed by atoms with E-state index in [0.29, 0.717) is 22.8 Å². The van der Waals surface area contributed by atoms with Crippen LogP contribution in [0.5, 0.6) is 0 Å². The number of ketones is 1. The molecular weight excluding hydrogens is 246 g/mol. The lowest BCUT2D eigenvalue weighted by Gasteiger charge is -1.97. The van der Waals surface area contributed by atoms with Gasteiger partial charge >= 0.3 is 0 Å². The third kappa shape index (κ3) is 2.90. The van der Waals surface area contributed by atoms with E-state index in [1.165, 1.54) is 19.2 Å². The standard InChI is InChI=1S/C13H15N3O3/c1-7(2)11-5-12(16-19-11)15-13(18)10-4-9(6-14-10)8(3)17/h4-7,14H,1-3H3,(H,15,16,18). The predicted octanol–water partition coefficient (Wildman–Crippen LogP) is 2.58. The Morgan fingerprint density at radius 1 is 1.37 bits per heavy atom. The van der Waals surface area contributed by atoms with Crippen molar-refractivity contribution in [1.82, 2.24) is 10.1 Å². The topological polar surface area (TPSA) is 88.0 Å². The Morgan fingerprint density at radius 2 is 2.11 bits per heavy atom. The lowest BCUT2D eigenvalue weighted by molar-refractivity contribution is 0.101. The first-order valence-corrected chi connectivity index (χ1v) is 5.94. The number of hydrogen-bond donors (Lipinski definition) is 2. The largest absolute Gasteiger partial charge is 0.359 e. The van der Waals surface area contributed by atoms with Crippen molar-refractivity contribution in [1.29, 1.82) is 0 Å². The van der Waals surface area contributed by atoms with Crippen LogP contribution in [0.25, 0.3) is 0 Å². The van der Waals surface area contributed by atoms with E-state index in [0.717, 1.165) is 0 Å². The van der Waals surface area contributed by atoms with Gasteiger partial charge in [-0.25, -0.2) is 0 Å². The van der Waals surface area contributed by atoms with Gasteiger partial charge in [0.25, 0.3) is 5.91 Å². The van der Waals surface area contributed by atoms with Crippen LogP contribution in [0.2, 0.25) is 0 Å². The zero-order valence-corrected chi connectivity index (χ0v) is 11.0. The van der Waals surface area contributed by atoms with Crippen LogP contribution in [0, 0.1) is 0 Å². The van der Waals surface area contributed by atoms with Gasteiger partial charge in [0.15, 0.2) is 11.6 Å². The normalized spacial score (nSPS) is 10.7. The summed E-state index contributed by atoms with van der Waals surface area (Å²) in [6.45, 7) is 5.38. The molecule has 2 rings (SSSR count). The number of nitrogens with zero attached hydrogens (tertiary/aromatic N) is 1. The summed E-state index contributed by atoms with van der Waals surface area (Å²) in [5.41, 5.74) is 0.771. The Morgan fingerprint density at radius 3 is 2.63 bits per heavy atom. The van der Waals surface area contributed by atoms with E-state index < -0.39 is 0 Å². The van der Waals surface area contributed by atoms with Gasteiger partial charge in [-0.1, -0.05) is 19.0 Å². The third-order valence-corrected chi connectivity index (χ3v) is 2.67. The molecule has 2 aromatic heterocycles. The second-order valence-electron chi connectivity index (χ2n) is 4.58. The smallest absolute Gasteiger partial charge is 0.273 e. The highest BCUT2D eigenvalue weighted by Crippen LogP contribution is 2.18. The number of carbonyl (C=O) groups is 2. The van der Waals surface area contributed by atoms with Gasteiger partial charge in [-0.05, 0) is 13.0 Å². The van der Waals surface area contributed by atoms with E-state index in [2.05, 4.69) is 15.5 Å². The molecule has 1 amide bonds. The second-order valence-corrected chi connectivity index (χ2v) is 4.58. The summed E-state index contributed by atoms with van der Waals surface area (Å²) >= 11 is 0. The number of aromatic nitrogens is 2. The number of anilines is 1. The Kier molecular flexibility index (Phi) is 3.50. The fraction of sp³-hybridized carbons (Fsp3) is 0.308. The van der Waals surface area contributed by atoms with Gasteiger partial charge in [-0.3, -0.25) is 9.59 Å². The molecule has 0 fully saturated rings. The van der Waals surface area contributed by atoms with Crippen molar-refractivity contribution in [3.63, 3.8) is 0 Å². The molecule has 19 heavy (non-hydrogen) atoms. The molecule has 0 bridgehead atoms. The Bertz CT molecular complexity index is 610. The van der Waals surface area contributed by atoms with Crippen LogP contribution < -0.4 is 5.32 Å². The minimum Gasteiger partial charge on any atom is -0.359 e. The van der Waals surface area contributed by atoms with Crippen molar-refractivity contribution in [2.45, 2.75) is 26.7 Å². The molecule has 0 atom stereocenters. The summed E-state index contributed by atoms with van der Waals surface area (Å²) < 4.78 is 5.08. The first-order chi connectivity index (χ1) is 8.97. The van der Waals surface area contributed by atoms with E-state index in [9.17, 15) is 9.59 Å². The monoisotopic (exact) mass is 261 g/mol. The summed E-state index contributed by atoms with van der Waals surface area (Å²) in [6.07, 6.45) is 1.50. The Hall–Kier alpha value is -2.37. The van der Waals surface area contributed by atoms with E-state index in [1.807, 2.05) is 13.8 Å².